The van der Waals surface area contributed by atoms with Gasteiger partial charge in [0.15, 0.2) is 0 Å². The van der Waals surface area contributed by atoms with Crippen molar-refractivity contribution in [2.75, 3.05) is 11.9 Å². The lowest BCUT2D eigenvalue weighted by Gasteiger charge is -2.17. The lowest BCUT2D eigenvalue weighted by molar-refractivity contribution is -0.384. The van der Waals surface area contributed by atoms with Crippen molar-refractivity contribution in [2.24, 2.45) is 11.7 Å². The molecule has 0 aromatic heterocycles. The van der Waals surface area contributed by atoms with Gasteiger partial charge in [-0.15, -0.1) is 0 Å². The smallest absolute Gasteiger partial charge is 0.294 e. The van der Waals surface area contributed by atoms with Crippen LogP contribution < -0.4 is 11.1 Å². The summed E-state index contributed by atoms with van der Waals surface area (Å²) in [7, 11) is 0. The number of nitrogens with two attached hydrogens (primary N) is 1. The number of nitro groups is 1. The second kappa shape index (κ2) is 5.97. The molecule has 0 saturated heterocycles. The summed E-state index contributed by atoms with van der Waals surface area (Å²) < 4.78 is 13.3. The Labute approximate surface area is 109 Å². The Morgan fingerprint density at radius 1 is 1.56 bits per heavy atom. The fourth-order valence-electron chi connectivity index (χ4n) is 1.29. The van der Waals surface area contributed by atoms with E-state index in [9.17, 15) is 14.5 Å². The Hall–Kier alpha value is -1.40. The molecule has 0 amide bonds. The fourth-order valence-corrected chi connectivity index (χ4v) is 1.45. The molecular formula is C11H15ClFN3O2. The van der Waals surface area contributed by atoms with Crippen molar-refractivity contribution in [3.8, 4) is 0 Å². The van der Waals surface area contributed by atoms with Crippen LogP contribution in [-0.2, 0) is 0 Å². The summed E-state index contributed by atoms with van der Waals surface area (Å²) in [6, 6.07) is 1.82. The van der Waals surface area contributed by atoms with E-state index >= 15 is 0 Å². The van der Waals surface area contributed by atoms with Crippen LogP contribution in [0.4, 0.5) is 15.8 Å². The standard InChI is InChI=1S/C11H15ClFN3O2/c1-6(2)9(14)5-15-10-4-8(13)7(12)3-11(10)16(17)18/h3-4,6,9,15H,5,14H2,1-2H3. The summed E-state index contributed by atoms with van der Waals surface area (Å²) in [5.74, 6) is -0.489. The summed E-state index contributed by atoms with van der Waals surface area (Å²) in [5, 5.41) is 13.3. The zero-order valence-electron chi connectivity index (χ0n) is 10.1. The summed E-state index contributed by atoms with van der Waals surface area (Å²) in [6.07, 6.45) is 0. The molecule has 0 heterocycles. The Bertz CT molecular complexity index is 454. The van der Waals surface area contributed by atoms with Crippen molar-refractivity contribution in [1.82, 2.24) is 0 Å². The number of halogens is 2. The summed E-state index contributed by atoms with van der Waals surface area (Å²) in [5.41, 5.74) is 5.62. The minimum Gasteiger partial charge on any atom is -0.378 e. The van der Waals surface area contributed by atoms with Gasteiger partial charge >= 0.3 is 0 Å². The first kappa shape index (κ1) is 14.7. The highest BCUT2D eigenvalue weighted by molar-refractivity contribution is 6.31. The topological polar surface area (TPSA) is 81.2 Å². The maximum atomic E-state index is 13.3. The molecule has 0 radical (unpaired) electrons. The molecule has 1 rings (SSSR count). The van der Waals surface area contributed by atoms with Crippen molar-refractivity contribution >= 4 is 23.0 Å². The molecule has 0 aliphatic heterocycles. The maximum Gasteiger partial charge on any atom is 0.294 e. The Kier molecular flexibility index (Phi) is 4.86. The third-order valence-electron chi connectivity index (χ3n) is 2.62. The molecular weight excluding hydrogens is 261 g/mol. The van der Waals surface area contributed by atoms with Gasteiger partial charge in [-0.25, -0.2) is 4.39 Å². The molecule has 0 fully saturated rings. The van der Waals surface area contributed by atoms with Crippen molar-refractivity contribution in [3.63, 3.8) is 0 Å². The van der Waals surface area contributed by atoms with E-state index in [4.69, 9.17) is 17.3 Å². The number of anilines is 1. The zero-order chi connectivity index (χ0) is 13.9. The molecule has 0 aliphatic rings. The molecule has 0 spiro atoms. The van der Waals surface area contributed by atoms with E-state index in [1.54, 1.807) is 0 Å². The molecule has 18 heavy (non-hydrogen) atoms. The van der Waals surface area contributed by atoms with E-state index in [2.05, 4.69) is 5.32 Å². The van der Waals surface area contributed by atoms with Gasteiger partial charge in [-0.3, -0.25) is 10.1 Å². The number of hydrogen-bond acceptors (Lipinski definition) is 4. The molecule has 0 saturated carbocycles. The van der Waals surface area contributed by atoms with Crippen molar-refractivity contribution < 1.29 is 9.31 Å². The number of nitrogens with zero attached hydrogens (tertiary/aromatic N) is 1. The highest BCUT2D eigenvalue weighted by Gasteiger charge is 2.18. The highest BCUT2D eigenvalue weighted by atomic mass is 35.5. The lowest BCUT2D eigenvalue weighted by atomic mass is 10.1. The molecule has 5 nitrogen and oxygen atoms in total. The maximum absolute atomic E-state index is 13.3. The van der Waals surface area contributed by atoms with Crippen LogP contribution in [0.25, 0.3) is 0 Å². The second-order valence-electron chi connectivity index (χ2n) is 4.33. The third kappa shape index (κ3) is 3.54. The molecule has 3 N–H and O–H groups in total. The van der Waals surface area contributed by atoms with Crippen LogP contribution in [-0.4, -0.2) is 17.5 Å². The second-order valence-corrected chi connectivity index (χ2v) is 4.74. The summed E-state index contributed by atoms with van der Waals surface area (Å²) in [6.45, 7) is 4.19. The van der Waals surface area contributed by atoms with Crippen molar-refractivity contribution in [1.29, 1.82) is 0 Å². The monoisotopic (exact) mass is 275 g/mol. The molecule has 1 atom stereocenters. The van der Waals surface area contributed by atoms with Crippen LogP contribution in [0.3, 0.4) is 0 Å². The van der Waals surface area contributed by atoms with Crippen LogP contribution in [0, 0.1) is 21.8 Å². The largest absolute Gasteiger partial charge is 0.378 e. The van der Waals surface area contributed by atoms with E-state index in [1.807, 2.05) is 13.8 Å². The van der Waals surface area contributed by atoms with E-state index in [1.165, 1.54) is 0 Å². The molecule has 1 unspecified atom stereocenters. The lowest BCUT2D eigenvalue weighted by Crippen LogP contribution is -2.34. The van der Waals surface area contributed by atoms with E-state index in [-0.39, 0.29) is 28.4 Å². The molecule has 0 bridgehead atoms. The van der Waals surface area contributed by atoms with Gasteiger partial charge in [0, 0.05) is 24.7 Å². The number of benzene rings is 1. The van der Waals surface area contributed by atoms with Crippen molar-refractivity contribution in [2.45, 2.75) is 19.9 Å². The fraction of sp³-hybridized carbons (Fsp3) is 0.455. The molecule has 1 aromatic rings. The predicted octanol–water partition coefficient (Wildman–Crippen LogP) is 2.78. The van der Waals surface area contributed by atoms with Crippen LogP contribution in [0.1, 0.15) is 13.8 Å². The molecule has 0 aliphatic carbocycles. The van der Waals surface area contributed by atoms with Gasteiger partial charge < -0.3 is 11.1 Å². The van der Waals surface area contributed by atoms with Gasteiger partial charge in [-0.2, -0.15) is 0 Å². The van der Waals surface area contributed by atoms with Gasteiger partial charge in [-0.1, -0.05) is 25.4 Å². The minimum atomic E-state index is -0.706. The Balaban J connectivity index is 2.93. The minimum absolute atomic E-state index is 0.0815. The number of nitrogens with one attached hydrogen (secondary N) is 1. The number of nitro benzene ring substituents is 1. The Morgan fingerprint density at radius 3 is 2.67 bits per heavy atom. The SMILES string of the molecule is CC(C)C(N)CNc1cc(F)c(Cl)cc1[N+](=O)[O-]. The molecule has 1 aromatic carbocycles. The van der Waals surface area contributed by atoms with Crippen molar-refractivity contribution in [3.05, 3.63) is 33.1 Å². The van der Waals surface area contributed by atoms with Gasteiger partial charge in [0.25, 0.3) is 5.69 Å². The van der Waals surface area contributed by atoms with Gasteiger partial charge in [0.2, 0.25) is 0 Å². The van der Waals surface area contributed by atoms with E-state index in [0.29, 0.717) is 6.54 Å². The van der Waals surface area contributed by atoms with Gasteiger partial charge in [0.1, 0.15) is 11.5 Å². The summed E-state index contributed by atoms with van der Waals surface area (Å²) >= 11 is 5.51. The average molecular weight is 276 g/mol. The van der Waals surface area contributed by atoms with Gasteiger partial charge in [0.05, 0.1) is 9.95 Å². The molecule has 7 heteroatoms. The average Bonchev–Trinajstić information content (AvgIpc) is 2.29. The Morgan fingerprint density at radius 2 is 2.17 bits per heavy atom. The zero-order valence-corrected chi connectivity index (χ0v) is 10.9. The van der Waals surface area contributed by atoms with E-state index in [0.717, 1.165) is 12.1 Å². The normalized spacial score (nSPS) is 12.6. The van der Waals surface area contributed by atoms with E-state index < -0.39 is 10.7 Å². The number of rotatable bonds is 5. The van der Waals surface area contributed by atoms with Gasteiger partial charge in [-0.05, 0) is 5.92 Å². The predicted molar refractivity (Wildman–Crippen MR) is 69.4 cm³/mol. The third-order valence-corrected chi connectivity index (χ3v) is 2.91. The van der Waals surface area contributed by atoms with Crippen LogP contribution >= 0.6 is 11.6 Å². The number of hydrogen-bond donors (Lipinski definition) is 2. The first-order valence-electron chi connectivity index (χ1n) is 5.45. The highest BCUT2D eigenvalue weighted by Crippen LogP contribution is 2.30. The van der Waals surface area contributed by atoms with Crippen LogP contribution in [0.5, 0.6) is 0 Å². The van der Waals surface area contributed by atoms with Crippen LogP contribution in [0.15, 0.2) is 12.1 Å². The van der Waals surface area contributed by atoms with Crippen LogP contribution in [0.2, 0.25) is 5.02 Å². The first-order chi connectivity index (χ1) is 8.32. The molecule has 100 valence electrons. The first-order valence-corrected chi connectivity index (χ1v) is 5.83. The quantitative estimate of drug-likeness (QED) is 0.639. The summed E-state index contributed by atoms with van der Waals surface area (Å²) in [4.78, 5) is 10.2.